The third kappa shape index (κ3) is 3.34. The van der Waals surface area contributed by atoms with Gasteiger partial charge in [-0.05, 0) is 55.4 Å². The molecule has 1 aromatic carbocycles. The van der Waals surface area contributed by atoms with Gasteiger partial charge < -0.3 is 10.5 Å². The molecule has 0 bridgehead atoms. The molecule has 4 heteroatoms. The Bertz CT molecular complexity index is 494. The van der Waals surface area contributed by atoms with Crippen molar-refractivity contribution in [1.29, 1.82) is 0 Å². The van der Waals surface area contributed by atoms with Gasteiger partial charge in [-0.25, -0.2) is 0 Å². The zero-order valence-corrected chi connectivity index (χ0v) is 14.3. The van der Waals surface area contributed by atoms with Gasteiger partial charge in [0.2, 0.25) is 0 Å². The lowest BCUT2D eigenvalue weighted by atomic mass is 9.85. The van der Waals surface area contributed by atoms with E-state index in [4.69, 9.17) is 10.5 Å². The summed E-state index contributed by atoms with van der Waals surface area (Å²) < 4.78 is 6.74. The van der Waals surface area contributed by atoms with Crippen LogP contribution in [0.3, 0.4) is 0 Å². The minimum atomic E-state index is 0.390. The Labute approximate surface area is 136 Å². The smallest absolute Gasteiger partial charge is 0.0599 e. The molecule has 1 aromatic rings. The first-order chi connectivity index (χ1) is 10.2. The van der Waals surface area contributed by atoms with Crippen molar-refractivity contribution in [2.45, 2.75) is 50.3 Å². The van der Waals surface area contributed by atoms with Crippen LogP contribution in [-0.4, -0.2) is 43.3 Å². The molecule has 3 unspecified atom stereocenters. The predicted molar refractivity (Wildman–Crippen MR) is 89.5 cm³/mol. The molecule has 3 rings (SSSR count). The molecule has 3 nitrogen and oxygen atoms in total. The fraction of sp³-hybridized carbons (Fsp3) is 0.647. The summed E-state index contributed by atoms with van der Waals surface area (Å²) in [5.74, 6) is 0. The van der Waals surface area contributed by atoms with Gasteiger partial charge in [0.05, 0.1) is 6.10 Å². The normalized spacial score (nSPS) is 30.1. The number of rotatable bonds is 3. The van der Waals surface area contributed by atoms with Crippen LogP contribution >= 0.6 is 15.9 Å². The van der Waals surface area contributed by atoms with Gasteiger partial charge in [0, 0.05) is 36.8 Å². The van der Waals surface area contributed by atoms with Gasteiger partial charge in [0.15, 0.2) is 0 Å². The number of likely N-dealkylation sites (tertiary alicyclic amines) is 1. The van der Waals surface area contributed by atoms with E-state index in [2.05, 4.69) is 39.0 Å². The molecule has 1 aliphatic carbocycles. The maximum Gasteiger partial charge on any atom is 0.0599 e. The molecule has 2 aliphatic rings. The van der Waals surface area contributed by atoms with E-state index in [1.54, 1.807) is 0 Å². The third-order valence-electron chi connectivity index (χ3n) is 5.16. The number of hydrogen-bond donors (Lipinski definition) is 1. The molecule has 0 saturated carbocycles. The number of nitrogens with two attached hydrogens (primary N) is 1. The van der Waals surface area contributed by atoms with Crippen molar-refractivity contribution in [2.75, 3.05) is 20.2 Å². The van der Waals surface area contributed by atoms with E-state index in [1.165, 1.54) is 28.4 Å². The zero-order valence-electron chi connectivity index (χ0n) is 12.7. The lowest BCUT2D eigenvalue weighted by Crippen LogP contribution is -2.54. The van der Waals surface area contributed by atoms with Gasteiger partial charge in [0.25, 0.3) is 0 Å². The summed E-state index contributed by atoms with van der Waals surface area (Å²) >= 11 is 3.58. The number of piperidine rings is 1. The van der Waals surface area contributed by atoms with Crippen LogP contribution in [0, 0.1) is 0 Å². The van der Waals surface area contributed by atoms with Gasteiger partial charge >= 0.3 is 0 Å². The van der Waals surface area contributed by atoms with Crippen molar-refractivity contribution in [2.24, 2.45) is 5.73 Å². The first kappa shape index (κ1) is 15.5. The number of benzene rings is 1. The van der Waals surface area contributed by atoms with Crippen molar-refractivity contribution >= 4 is 15.9 Å². The minimum absolute atomic E-state index is 0.390. The number of aryl methyl sites for hydroxylation is 1. The van der Waals surface area contributed by atoms with Crippen LogP contribution in [-0.2, 0) is 17.6 Å². The molecule has 0 radical (unpaired) electrons. The summed E-state index contributed by atoms with van der Waals surface area (Å²) in [6.07, 6.45) is 6.20. The van der Waals surface area contributed by atoms with Crippen LogP contribution in [0.4, 0.5) is 0 Å². The average Bonchev–Trinajstić information content (AvgIpc) is 2.53. The van der Waals surface area contributed by atoms with Crippen LogP contribution in [0.25, 0.3) is 0 Å². The van der Waals surface area contributed by atoms with Gasteiger partial charge in [-0.1, -0.05) is 22.0 Å². The molecule has 21 heavy (non-hydrogen) atoms. The largest absolute Gasteiger partial charge is 0.381 e. The van der Waals surface area contributed by atoms with E-state index in [0.29, 0.717) is 18.2 Å². The molecule has 3 atom stereocenters. The Kier molecular flexibility index (Phi) is 4.99. The van der Waals surface area contributed by atoms with Gasteiger partial charge in [-0.3, -0.25) is 4.90 Å². The maximum atomic E-state index is 6.03. The third-order valence-corrected chi connectivity index (χ3v) is 5.65. The molecule has 116 valence electrons. The van der Waals surface area contributed by atoms with E-state index in [1.807, 2.05) is 7.11 Å². The van der Waals surface area contributed by atoms with Crippen molar-refractivity contribution < 1.29 is 4.74 Å². The van der Waals surface area contributed by atoms with Crippen LogP contribution < -0.4 is 5.73 Å². The van der Waals surface area contributed by atoms with E-state index >= 15 is 0 Å². The number of fused-ring (bicyclic) bond motifs is 1. The lowest BCUT2D eigenvalue weighted by molar-refractivity contribution is -0.00658. The number of methoxy groups -OCH3 is 1. The number of ether oxygens (including phenoxy) is 1. The summed E-state index contributed by atoms with van der Waals surface area (Å²) in [5.41, 5.74) is 9.05. The fourth-order valence-electron chi connectivity index (χ4n) is 3.95. The van der Waals surface area contributed by atoms with Gasteiger partial charge in [-0.2, -0.15) is 0 Å². The number of hydrogen-bond acceptors (Lipinski definition) is 3. The highest BCUT2D eigenvalue weighted by molar-refractivity contribution is 9.10. The molecular weight excluding hydrogens is 328 g/mol. The Morgan fingerprint density at radius 3 is 2.95 bits per heavy atom. The van der Waals surface area contributed by atoms with Crippen molar-refractivity contribution in [3.63, 3.8) is 0 Å². The molecule has 0 aromatic heterocycles. The van der Waals surface area contributed by atoms with Gasteiger partial charge in [0.1, 0.15) is 0 Å². The van der Waals surface area contributed by atoms with Crippen LogP contribution in [0.2, 0.25) is 0 Å². The minimum Gasteiger partial charge on any atom is -0.381 e. The zero-order chi connectivity index (χ0) is 14.8. The first-order valence-corrected chi connectivity index (χ1v) is 8.76. The van der Waals surface area contributed by atoms with Crippen molar-refractivity contribution in [3.8, 4) is 0 Å². The highest BCUT2D eigenvalue weighted by atomic mass is 79.9. The molecule has 0 amide bonds. The van der Waals surface area contributed by atoms with Crippen molar-refractivity contribution in [1.82, 2.24) is 4.90 Å². The molecule has 1 heterocycles. The van der Waals surface area contributed by atoms with E-state index in [0.717, 1.165) is 32.4 Å². The Balaban J connectivity index is 1.71. The summed E-state index contributed by atoms with van der Waals surface area (Å²) in [4.78, 5) is 2.65. The molecule has 1 saturated heterocycles. The Morgan fingerprint density at radius 1 is 1.33 bits per heavy atom. The van der Waals surface area contributed by atoms with Crippen molar-refractivity contribution in [3.05, 3.63) is 33.8 Å². The predicted octanol–water partition coefficient (Wildman–Crippen LogP) is 2.74. The average molecular weight is 353 g/mol. The summed E-state index contributed by atoms with van der Waals surface area (Å²) in [6, 6.07) is 7.85. The van der Waals surface area contributed by atoms with Crippen LogP contribution in [0.1, 0.15) is 30.4 Å². The highest BCUT2D eigenvalue weighted by Gasteiger charge is 2.33. The molecule has 2 N–H and O–H groups in total. The summed E-state index contributed by atoms with van der Waals surface area (Å²) in [7, 11) is 1.82. The first-order valence-electron chi connectivity index (χ1n) is 7.97. The summed E-state index contributed by atoms with van der Waals surface area (Å²) in [6.45, 7) is 1.86. The second kappa shape index (κ2) is 6.78. The molecule has 0 spiro atoms. The Morgan fingerprint density at radius 2 is 2.19 bits per heavy atom. The standard InChI is InChI=1S/C17H25BrN2O/c1-21-17-6-7-20(16(10-17)11-19)15-5-3-12-8-14(18)4-2-13(12)9-15/h2,4,8,15-17H,3,5-7,9-11,19H2,1H3. The maximum absolute atomic E-state index is 6.03. The lowest BCUT2D eigenvalue weighted by Gasteiger charge is -2.44. The topological polar surface area (TPSA) is 38.5 Å². The quantitative estimate of drug-likeness (QED) is 0.908. The van der Waals surface area contributed by atoms with Gasteiger partial charge in [-0.15, -0.1) is 0 Å². The van der Waals surface area contributed by atoms with E-state index in [-0.39, 0.29) is 0 Å². The molecular formula is C17H25BrN2O. The van der Waals surface area contributed by atoms with Crippen LogP contribution in [0.5, 0.6) is 0 Å². The Hall–Kier alpha value is -0.420. The molecule has 1 fully saturated rings. The van der Waals surface area contributed by atoms with E-state index < -0.39 is 0 Å². The number of nitrogens with zero attached hydrogens (tertiary/aromatic N) is 1. The fourth-order valence-corrected chi connectivity index (χ4v) is 4.35. The van der Waals surface area contributed by atoms with E-state index in [9.17, 15) is 0 Å². The SMILES string of the molecule is COC1CCN(C2CCc3cc(Br)ccc3C2)C(CN)C1. The highest BCUT2D eigenvalue weighted by Crippen LogP contribution is 2.30. The second-order valence-corrected chi connectivity index (χ2v) is 7.23. The monoisotopic (exact) mass is 352 g/mol. The van der Waals surface area contributed by atoms with Crippen LogP contribution in [0.15, 0.2) is 22.7 Å². The molecule has 1 aliphatic heterocycles. The summed E-state index contributed by atoms with van der Waals surface area (Å²) in [5, 5.41) is 0. The number of halogens is 1. The second-order valence-electron chi connectivity index (χ2n) is 6.32.